The Morgan fingerprint density at radius 1 is 1.28 bits per heavy atom. The van der Waals surface area contributed by atoms with E-state index in [2.05, 4.69) is 22.3 Å². The van der Waals surface area contributed by atoms with Crippen LogP contribution in [0.1, 0.15) is 31.2 Å². The molecule has 2 saturated heterocycles. The minimum atomic E-state index is -0.258. The van der Waals surface area contributed by atoms with Gasteiger partial charge in [0.05, 0.1) is 5.41 Å². The molecule has 1 N–H and O–H groups in total. The highest BCUT2D eigenvalue weighted by Crippen LogP contribution is 2.47. The number of carbonyl (C=O) groups is 1. The standard InChI is InChI=1S/C15H18N2O/c18-14-15(12-6-1-2-7-13(12)16-14)9-11-5-3-4-8-17(11)10-15/h1-2,6-7,11H,3-5,8-10H2,(H,16,18). The number of piperidine rings is 1. The van der Waals surface area contributed by atoms with Crippen molar-refractivity contribution in [1.82, 2.24) is 4.90 Å². The molecule has 3 heterocycles. The molecule has 2 atom stereocenters. The number of hydrogen-bond donors (Lipinski definition) is 1. The molecular weight excluding hydrogens is 224 g/mol. The lowest BCUT2D eigenvalue weighted by molar-refractivity contribution is -0.120. The Kier molecular flexibility index (Phi) is 2.10. The fraction of sp³-hybridized carbons (Fsp3) is 0.533. The van der Waals surface area contributed by atoms with Crippen LogP contribution in [0, 0.1) is 0 Å². The van der Waals surface area contributed by atoms with Crippen molar-refractivity contribution in [3.63, 3.8) is 0 Å². The zero-order chi connectivity index (χ0) is 12.2. The Morgan fingerprint density at radius 2 is 2.17 bits per heavy atom. The van der Waals surface area contributed by atoms with Crippen LogP contribution in [-0.2, 0) is 10.2 Å². The number of nitrogens with one attached hydrogen (secondary N) is 1. The van der Waals surface area contributed by atoms with Gasteiger partial charge in [-0.2, -0.15) is 0 Å². The molecule has 2 unspecified atom stereocenters. The summed E-state index contributed by atoms with van der Waals surface area (Å²) in [7, 11) is 0. The van der Waals surface area contributed by atoms with E-state index in [4.69, 9.17) is 0 Å². The van der Waals surface area contributed by atoms with Gasteiger partial charge in [-0.05, 0) is 37.4 Å². The van der Waals surface area contributed by atoms with Gasteiger partial charge < -0.3 is 5.32 Å². The monoisotopic (exact) mass is 242 g/mol. The van der Waals surface area contributed by atoms with Gasteiger partial charge in [0.1, 0.15) is 0 Å². The van der Waals surface area contributed by atoms with Crippen LogP contribution in [0.25, 0.3) is 0 Å². The summed E-state index contributed by atoms with van der Waals surface area (Å²) in [4.78, 5) is 15.0. The molecule has 3 nitrogen and oxygen atoms in total. The quantitative estimate of drug-likeness (QED) is 0.756. The Labute approximate surface area is 107 Å². The van der Waals surface area contributed by atoms with E-state index < -0.39 is 0 Å². The highest BCUT2D eigenvalue weighted by molar-refractivity contribution is 6.06. The van der Waals surface area contributed by atoms with Gasteiger partial charge in [-0.25, -0.2) is 0 Å². The maximum Gasteiger partial charge on any atom is 0.236 e. The van der Waals surface area contributed by atoms with Crippen LogP contribution >= 0.6 is 0 Å². The Hall–Kier alpha value is -1.35. The molecule has 0 radical (unpaired) electrons. The van der Waals surface area contributed by atoms with Gasteiger partial charge in [0.15, 0.2) is 0 Å². The van der Waals surface area contributed by atoms with Crippen molar-refractivity contribution in [2.24, 2.45) is 0 Å². The second-order valence-corrected chi connectivity index (χ2v) is 5.91. The number of amides is 1. The normalized spacial score (nSPS) is 34.4. The van der Waals surface area contributed by atoms with E-state index in [1.165, 1.54) is 31.4 Å². The average Bonchev–Trinajstić information content (AvgIpc) is 2.90. The SMILES string of the molecule is O=C1Nc2ccccc2C12CC1CCCCN1C2. The summed E-state index contributed by atoms with van der Waals surface area (Å²) < 4.78 is 0. The number of benzene rings is 1. The van der Waals surface area contributed by atoms with Crippen molar-refractivity contribution in [2.45, 2.75) is 37.1 Å². The minimum absolute atomic E-state index is 0.220. The van der Waals surface area contributed by atoms with Crippen molar-refractivity contribution in [1.29, 1.82) is 0 Å². The van der Waals surface area contributed by atoms with Crippen LogP contribution in [0.3, 0.4) is 0 Å². The molecule has 0 bridgehead atoms. The zero-order valence-corrected chi connectivity index (χ0v) is 10.5. The van der Waals surface area contributed by atoms with Crippen molar-refractivity contribution < 1.29 is 4.79 Å². The van der Waals surface area contributed by atoms with Gasteiger partial charge in [0.25, 0.3) is 0 Å². The molecular formula is C15H18N2O. The molecule has 3 aliphatic rings. The highest BCUT2D eigenvalue weighted by atomic mass is 16.2. The first kappa shape index (κ1) is 10.6. The van der Waals surface area contributed by atoms with Crippen LogP contribution in [0.2, 0.25) is 0 Å². The Bertz CT molecular complexity index is 497. The van der Waals surface area contributed by atoms with Crippen molar-refractivity contribution in [2.75, 3.05) is 18.4 Å². The van der Waals surface area contributed by atoms with Crippen LogP contribution in [0.4, 0.5) is 5.69 Å². The highest BCUT2D eigenvalue weighted by Gasteiger charge is 2.54. The topological polar surface area (TPSA) is 32.3 Å². The summed E-state index contributed by atoms with van der Waals surface area (Å²) in [5, 5.41) is 3.07. The molecule has 4 rings (SSSR count). The molecule has 1 aromatic carbocycles. The van der Waals surface area contributed by atoms with Gasteiger partial charge in [-0.1, -0.05) is 24.6 Å². The van der Waals surface area contributed by atoms with E-state index in [0.717, 1.165) is 18.7 Å². The van der Waals surface area contributed by atoms with E-state index in [0.29, 0.717) is 6.04 Å². The van der Waals surface area contributed by atoms with Gasteiger partial charge in [-0.15, -0.1) is 0 Å². The second kappa shape index (κ2) is 3.58. The summed E-state index contributed by atoms with van der Waals surface area (Å²) in [6.07, 6.45) is 4.88. The van der Waals surface area contributed by atoms with Crippen LogP contribution in [0.15, 0.2) is 24.3 Å². The molecule has 1 aromatic rings. The molecule has 18 heavy (non-hydrogen) atoms. The number of anilines is 1. The van der Waals surface area contributed by atoms with E-state index in [9.17, 15) is 4.79 Å². The van der Waals surface area contributed by atoms with Crippen molar-refractivity contribution in [3.8, 4) is 0 Å². The predicted octanol–water partition coefficient (Wildman–Crippen LogP) is 2.13. The summed E-state index contributed by atoms with van der Waals surface area (Å²) in [5.41, 5.74) is 2.00. The number of rotatable bonds is 0. The number of nitrogens with zero attached hydrogens (tertiary/aromatic N) is 1. The van der Waals surface area contributed by atoms with Crippen molar-refractivity contribution in [3.05, 3.63) is 29.8 Å². The second-order valence-electron chi connectivity index (χ2n) is 5.91. The smallest absolute Gasteiger partial charge is 0.236 e. The first-order valence-electron chi connectivity index (χ1n) is 6.95. The number of carbonyl (C=O) groups excluding carboxylic acids is 1. The van der Waals surface area contributed by atoms with Crippen LogP contribution < -0.4 is 5.32 Å². The molecule has 0 saturated carbocycles. The van der Waals surface area contributed by atoms with E-state index in [1.807, 2.05) is 12.1 Å². The number of fused-ring (bicyclic) bond motifs is 3. The molecule has 0 aliphatic carbocycles. The van der Waals surface area contributed by atoms with Gasteiger partial charge >= 0.3 is 0 Å². The third-order valence-electron chi connectivity index (χ3n) is 4.93. The van der Waals surface area contributed by atoms with Gasteiger partial charge in [0.2, 0.25) is 5.91 Å². The van der Waals surface area contributed by atoms with E-state index in [-0.39, 0.29) is 11.3 Å². The summed E-state index contributed by atoms with van der Waals surface area (Å²) >= 11 is 0. The molecule has 2 fully saturated rings. The van der Waals surface area contributed by atoms with Crippen LogP contribution in [0.5, 0.6) is 0 Å². The third-order valence-corrected chi connectivity index (χ3v) is 4.93. The lowest BCUT2D eigenvalue weighted by Crippen LogP contribution is -2.38. The number of para-hydroxylation sites is 1. The van der Waals surface area contributed by atoms with Gasteiger partial charge in [0, 0.05) is 18.3 Å². The van der Waals surface area contributed by atoms with Crippen molar-refractivity contribution >= 4 is 11.6 Å². The Morgan fingerprint density at radius 3 is 3.06 bits per heavy atom. The molecule has 94 valence electrons. The van der Waals surface area contributed by atoms with E-state index >= 15 is 0 Å². The van der Waals surface area contributed by atoms with Crippen LogP contribution in [-0.4, -0.2) is 29.9 Å². The molecule has 0 aromatic heterocycles. The summed E-state index contributed by atoms with van der Waals surface area (Å²) in [6.45, 7) is 2.09. The Balaban J connectivity index is 1.78. The first-order valence-corrected chi connectivity index (χ1v) is 6.95. The summed E-state index contributed by atoms with van der Waals surface area (Å²) in [6, 6.07) is 8.83. The van der Waals surface area contributed by atoms with E-state index in [1.54, 1.807) is 0 Å². The molecule has 1 spiro atoms. The predicted molar refractivity (Wildman–Crippen MR) is 70.6 cm³/mol. The minimum Gasteiger partial charge on any atom is -0.325 e. The molecule has 3 aliphatic heterocycles. The molecule has 1 amide bonds. The average molecular weight is 242 g/mol. The fourth-order valence-electron chi connectivity index (χ4n) is 4.05. The zero-order valence-electron chi connectivity index (χ0n) is 10.5. The number of hydrogen-bond acceptors (Lipinski definition) is 2. The fourth-order valence-corrected chi connectivity index (χ4v) is 4.05. The maximum atomic E-state index is 12.5. The third kappa shape index (κ3) is 1.25. The first-order chi connectivity index (χ1) is 8.79. The summed E-state index contributed by atoms with van der Waals surface area (Å²) in [5.74, 6) is 0.220. The lowest BCUT2D eigenvalue weighted by Gasteiger charge is -2.28. The van der Waals surface area contributed by atoms with Gasteiger partial charge in [-0.3, -0.25) is 9.69 Å². The largest absolute Gasteiger partial charge is 0.325 e. The molecule has 3 heteroatoms. The lowest BCUT2D eigenvalue weighted by atomic mass is 9.79. The maximum absolute atomic E-state index is 12.5.